The monoisotopic (exact) mass is 348 g/mol. The molecule has 2 amide bonds. The zero-order chi connectivity index (χ0) is 17.3. The lowest BCUT2D eigenvalue weighted by atomic mass is 10.2. The van der Waals surface area contributed by atoms with Crippen LogP contribution in [-0.2, 0) is 14.3 Å². The third-order valence-corrected chi connectivity index (χ3v) is 3.74. The summed E-state index contributed by atoms with van der Waals surface area (Å²) in [5, 5.41) is 7.88. The van der Waals surface area contributed by atoms with Gasteiger partial charge in [-0.3, -0.25) is 9.59 Å². The van der Waals surface area contributed by atoms with Gasteiger partial charge in [0.25, 0.3) is 5.91 Å². The second-order valence-electron chi connectivity index (χ2n) is 5.07. The normalized spacial score (nSPS) is 17.4. The lowest BCUT2D eigenvalue weighted by molar-refractivity contribution is -0.122. The molecule has 1 aliphatic heterocycles. The maximum Gasteiger partial charge on any atom is 0.360 e. The minimum absolute atomic E-state index is 0.0155. The molecule has 1 aliphatic rings. The van der Waals surface area contributed by atoms with Crippen molar-refractivity contribution in [1.82, 2.24) is 15.0 Å². The van der Waals surface area contributed by atoms with Crippen molar-refractivity contribution in [1.29, 1.82) is 0 Å². The zero-order valence-corrected chi connectivity index (χ0v) is 13.4. The third kappa shape index (κ3) is 2.88. The molecule has 124 valence electrons. The maximum atomic E-state index is 12.6. The number of ether oxygens (including phenoxy) is 1. The Morgan fingerprint density at radius 1 is 1.42 bits per heavy atom. The molecule has 0 bridgehead atoms. The van der Waals surface area contributed by atoms with E-state index < -0.39 is 17.9 Å². The number of imide groups is 1. The number of aromatic nitrogens is 3. The first-order valence-corrected chi connectivity index (χ1v) is 7.60. The van der Waals surface area contributed by atoms with E-state index in [9.17, 15) is 14.4 Å². The van der Waals surface area contributed by atoms with Gasteiger partial charge in [0.15, 0.2) is 5.69 Å². The van der Waals surface area contributed by atoms with Gasteiger partial charge in [-0.25, -0.2) is 14.4 Å². The molecule has 2 heterocycles. The smallest absolute Gasteiger partial charge is 0.360 e. The van der Waals surface area contributed by atoms with Crippen molar-refractivity contribution >= 4 is 35.1 Å². The number of esters is 1. The van der Waals surface area contributed by atoms with Crippen LogP contribution in [-0.4, -0.2) is 39.4 Å². The number of benzene rings is 1. The number of hydrogen-bond acceptors (Lipinski definition) is 6. The first-order valence-electron chi connectivity index (χ1n) is 7.22. The highest BCUT2D eigenvalue weighted by molar-refractivity contribution is 6.31. The van der Waals surface area contributed by atoms with E-state index in [1.54, 1.807) is 25.1 Å². The van der Waals surface area contributed by atoms with E-state index in [1.807, 2.05) is 0 Å². The molecule has 0 aliphatic carbocycles. The van der Waals surface area contributed by atoms with E-state index >= 15 is 0 Å². The second-order valence-corrected chi connectivity index (χ2v) is 5.51. The first kappa shape index (κ1) is 16.1. The SMILES string of the molecule is CCOC(=O)c1cn([C@H]2CC(=O)N(c3cccc(Cl)c3)C2=O)nn1. The largest absolute Gasteiger partial charge is 0.461 e. The van der Waals surface area contributed by atoms with E-state index in [0.29, 0.717) is 10.7 Å². The Bertz CT molecular complexity index is 819. The van der Waals surface area contributed by atoms with Crippen LogP contribution in [0.4, 0.5) is 5.69 Å². The Kier molecular flexibility index (Phi) is 4.30. The summed E-state index contributed by atoms with van der Waals surface area (Å²) in [5.74, 6) is -1.46. The van der Waals surface area contributed by atoms with Gasteiger partial charge in [-0.2, -0.15) is 0 Å². The molecule has 2 aromatic rings. The average Bonchev–Trinajstić information content (AvgIpc) is 3.12. The topological polar surface area (TPSA) is 94.4 Å². The summed E-state index contributed by atoms with van der Waals surface area (Å²) >= 11 is 5.91. The highest BCUT2D eigenvalue weighted by Crippen LogP contribution is 2.30. The number of halogens is 1. The first-order chi connectivity index (χ1) is 11.5. The van der Waals surface area contributed by atoms with Crippen LogP contribution in [0.2, 0.25) is 5.02 Å². The molecule has 1 saturated heterocycles. The van der Waals surface area contributed by atoms with E-state index in [0.717, 1.165) is 4.90 Å². The molecule has 0 unspecified atom stereocenters. The minimum atomic E-state index is -0.854. The summed E-state index contributed by atoms with van der Waals surface area (Å²) in [7, 11) is 0. The van der Waals surface area contributed by atoms with Gasteiger partial charge in [0, 0.05) is 5.02 Å². The summed E-state index contributed by atoms with van der Waals surface area (Å²) in [6.07, 6.45) is 1.23. The van der Waals surface area contributed by atoms with Crippen molar-refractivity contribution in [2.24, 2.45) is 0 Å². The number of carbonyl (C=O) groups excluding carboxylic acids is 3. The Hall–Kier alpha value is -2.74. The predicted octanol–water partition coefficient (Wildman–Crippen LogP) is 1.61. The molecule has 1 aromatic heterocycles. The van der Waals surface area contributed by atoms with Crippen molar-refractivity contribution < 1.29 is 19.1 Å². The molecule has 0 saturated carbocycles. The number of rotatable bonds is 4. The Balaban J connectivity index is 1.85. The second kappa shape index (κ2) is 6.40. The van der Waals surface area contributed by atoms with Crippen LogP contribution in [0.25, 0.3) is 0 Å². The van der Waals surface area contributed by atoms with Crippen molar-refractivity contribution in [3.05, 3.63) is 41.2 Å². The molecule has 0 radical (unpaired) electrons. The molecule has 8 nitrogen and oxygen atoms in total. The van der Waals surface area contributed by atoms with Crippen LogP contribution in [0.1, 0.15) is 29.9 Å². The highest BCUT2D eigenvalue weighted by atomic mass is 35.5. The summed E-state index contributed by atoms with van der Waals surface area (Å²) in [6, 6.07) is 5.60. The number of amides is 2. The summed E-state index contributed by atoms with van der Waals surface area (Å²) in [5.41, 5.74) is 0.379. The van der Waals surface area contributed by atoms with Gasteiger partial charge >= 0.3 is 5.97 Å². The molecule has 24 heavy (non-hydrogen) atoms. The van der Waals surface area contributed by atoms with Crippen molar-refractivity contribution in [2.75, 3.05) is 11.5 Å². The van der Waals surface area contributed by atoms with E-state index in [2.05, 4.69) is 10.3 Å². The molecular formula is C15H13ClN4O4. The van der Waals surface area contributed by atoms with Crippen LogP contribution in [0, 0.1) is 0 Å². The number of nitrogens with zero attached hydrogens (tertiary/aromatic N) is 4. The van der Waals surface area contributed by atoms with Crippen LogP contribution < -0.4 is 4.90 Å². The summed E-state index contributed by atoms with van der Waals surface area (Å²) in [4.78, 5) is 37.5. The zero-order valence-electron chi connectivity index (χ0n) is 12.7. The lowest BCUT2D eigenvalue weighted by Crippen LogP contribution is -2.31. The fraction of sp³-hybridized carbons (Fsp3) is 0.267. The summed E-state index contributed by atoms with van der Waals surface area (Å²) in [6.45, 7) is 1.87. The molecule has 3 rings (SSSR count). The van der Waals surface area contributed by atoms with Crippen LogP contribution in [0.3, 0.4) is 0 Å². The standard InChI is InChI=1S/C15H13ClN4O4/c1-2-24-15(23)11-8-19(18-17-11)12-7-13(21)20(14(12)22)10-5-3-4-9(16)6-10/h3-6,8,12H,2,7H2,1H3/t12-/m0/s1. The molecule has 0 spiro atoms. The van der Waals surface area contributed by atoms with Gasteiger partial charge in [-0.05, 0) is 25.1 Å². The van der Waals surface area contributed by atoms with Gasteiger partial charge in [-0.1, -0.05) is 22.9 Å². The number of hydrogen-bond donors (Lipinski definition) is 0. The lowest BCUT2D eigenvalue weighted by Gasteiger charge is -2.15. The molecule has 1 aromatic carbocycles. The van der Waals surface area contributed by atoms with E-state index in [-0.39, 0.29) is 24.6 Å². The number of anilines is 1. The molecule has 0 N–H and O–H groups in total. The molecule has 1 fully saturated rings. The van der Waals surface area contributed by atoms with Crippen molar-refractivity contribution in [2.45, 2.75) is 19.4 Å². The Morgan fingerprint density at radius 3 is 2.92 bits per heavy atom. The fourth-order valence-electron chi connectivity index (χ4n) is 2.44. The summed E-state index contributed by atoms with van der Waals surface area (Å²) < 4.78 is 6.03. The van der Waals surface area contributed by atoms with Gasteiger partial charge in [-0.15, -0.1) is 5.10 Å². The van der Waals surface area contributed by atoms with E-state index in [4.69, 9.17) is 16.3 Å². The van der Waals surface area contributed by atoms with Gasteiger partial charge in [0.2, 0.25) is 5.91 Å². The van der Waals surface area contributed by atoms with Crippen LogP contribution in [0.15, 0.2) is 30.5 Å². The third-order valence-electron chi connectivity index (χ3n) is 3.50. The Morgan fingerprint density at radius 2 is 2.21 bits per heavy atom. The van der Waals surface area contributed by atoms with Gasteiger partial charge < -0.3 is 4.74 Å². The molecular weight excluding hydrogens is 336 g/mol. The average molecular weight is 349 g/mol. The van der Waals surface area contributed by atoms with Gasteiger partial charge in [0.1, 0.15) is 6.04 Å². The number of carbonyl (C=O) groups is 3. The quantitative estimate of drug-likeness (QED) is 0.615. The van der Waals surface area contributed by atoms with Crippen molar-refractivity contribution in [3.8, 4) is 0 Å². The van der Waals surface area contributed by atoms with Crippen molar-refractivity contribution in [3.63, 3.8) is 0 Å². The van der Waals surface area contributed by atoms with E-state index in [1.165, 1.54) is 16.9 Å². The predicted molar refractivity (Wildman–Crippen MR) is 83.6 cm³/mol. The van der Waals surface area contributed by atoms with Crippen LogP contribution in [0.5, 0.6) is 0 Å². The van der Waals surface area contributed by atoms with Crippen LogP contribution >= 0.6 is 11.6 Å². The Labute approximate surface area is 141 Å². The highest BCUT2D eigenvalue weighted by Gasteiger charge is 2.41. The maximum absolute atomic E-state index is 12.6. The minimum Gasteiger partial charge on any atom is -0.461 e. The van der Waals surface area contributed by atoms with Gasteiger partial charge in [0.05, 0.1) is 24.9 Å². The fourth-order valence-corrected chi connectivity index (χ4v) is 2.62. The molecule has 1 atom stereocenters. The molecule has 9 heteroatoms.